The molecule has 0 atom stereocenters. The Morgan fingerprint density at radius 1 is 1.21 bits per heavy atom. The van der Waals surface area contributed by atoms with Crippen molar-refractivity contribution >= 4 is 5.69 Å². The van der Waals surface area contributed by atoms with Crippen LogP contribution in [0, 0.1) is 0 Å². The summed E-state index contributed by atoms with van der Waals surface area (Å²) in [6.45, 7) is 5.72. The van der Waals surface area contributed by atoms with Crippen LogP contribution >= 0.6 is 0 Å². The minimum atomic E-state index is 0.532. The third-order valence-corrected chi connectivity index (χ3v) is 3.80. The van der Waals surface area contributed by atoms with E-state index >= 15 is 0 Å². The predicted molar refractivity (Wildman–Crippen MR) is 78.3 cm³/mol. The largest absolute Gasteiger partial charge is 0.497 e. The number of piperidine rings is 1. The van der Waals surface area contributed by atoms with Crippen molar-refractivity contribution in [2.24, 2.45) is 0 Å². The summed E-state index contributed by atoms with van der Waals surface area (Å²) in [6, 6.07) is 6.45. The van der Waals surface area contributed by atoms with Crippen LogP contribution < -0.4 is 14.8 Å². The Kier molecular flexibility index (Phi) is 4.91. The first-order valence-electron chi connectivity index (χ1n) is 6.97. The molecule has 1 fully saturated rings. The van der Waals surface area contributed by atoms with Crippen molar-refractivity contribution in [3.05, 3.63) is 18.2 Å². The fraction of sp³-hybridized carbons (Fsp3) is 0.600. The maximum Gasteiger partial charge on any atom is 0.145 e. The Morgan fingerprint density at radius 2 is 1.95 bits per heavy atom. The van der Waals surface area contributed by atoms with Gasteiger partial charge in [-0.1, -0.05) is 6.92 Å². The number of ether oxygens (including phenoxy) is 2. The zero-order valence-electron chi connectivity index (χ0n) is 12.1. The molecule has 1 N–H and O–H groups in total. The third kappa shape index (κ3) is 3.53. The van der Waals surface area contributed by atoms with Crippen LogP contribution in [0.5, 0.6) is 11.5 Å². The number of rotatable bonds is 5. The van der Waals surface area contributed by atoms with Gasteiger partial charge in [-0.05, 0) is 31.5 Å². The van der Waals surface area contributed by atoms with Gasteiger partial charge < -0.3 is 19.7 Å². The molecule has 4 nitrogen and oxygen atoms in total. The smallest absolute Gasteiger partial charge is 0.145 e. The number of benzene rings is 1. The normalized spacial score (nSPS) is 17.2. The van der Waals surface area contributed by atoms with Gasteiger partial charge in [0, 0.05) is 25.2 Å². The highest BCUT2D eigenvalue weighted by molar-refractivity contribution is 5.59. The van der Waals surface area contributed by atoms with Crippen LogP contribution in [0.3, 0.4) is 0 Å². The van der Waals surface area contributed by atoms with E-state index in [0.717, 1.165) is 23.7 Å². The van der Waals surface area contributed by atoms with Crippen molar-refractivity contribution in [3.63, 3.8) is 0 Å². The van der Waals surface area contributed by atoms with Gasteiger partial charge in [0.05, 0.1) is 19.9 Å². The Labute approximate surface area is 115 Å². The summed E-state index contributed by atoms with van der Waals surface area (Å²) in [5.74, 6) is 1.67. The Morgan fingerprint density at radius 3 is 2.53 bits per heavy atom. The number of hydrogen-bond acceptors (Lipinski definition) is 4. The van der Waals surface area contributed by atoms with Crippen LogP contribution in [0.1, 0.15) is 19.8 Å². The molecule has 1 aromatic carbocycles. The molecule has 1 saturated heterocycles. The van der Waals surface area contributed by atoms with Crippen molar-refractivity contribution in [3.8, 4) is 11.5 Å². The minimum absolute atomic E-state index is 0.532. The molecule has 4 heteroatoms. The molecule has 0 spiro atoms. The highest BCUT2D eigenvalue weighted by Gasteiger charge is 2.18. The molecule has 19 heavy (non-hydrogen) atoms. The van der Waals surface area contributed by atoms with Gasteiger partial charge in [-0.15, -0.1) is 0 Å². The van der Waals surface area contributed by atoms with Crippen molar-refractivity contribution in [2.45, 2.75) is 25.8 Å². The van der Waals surface area contributed by atoms with Crippen molar-refractivity contribution in [2.75, 3.05) is 39.2 Å². The van der Waals surface area contributed by atoms with E-state index in [-0.39, 0.29) is 0 Å². The van der Waals surface area contributed by atoms with E-state index in [1.165, 1.54) is 25.9 Å². The molecular weight excluding hydrogens is 240 g/mol. The fourth-order valence-corrected chi connectivity index (χ4v) is 2.53. The minimum Gasteiger partial charge on any atom is -0.497 e. The maximum atomic E-state index is 5.42. The lowest BCUT2D eigenvalue weighted by atomic mass is 10.0. The molecule has 0 unspecified atom stereocenters. The van der Waals surface area contributed by atoms with E-state index < -0.39 is 0 Å². The molecule has 0 bridgehead atoms. The summed E-state index contributed by atoms with van der Waals surface area (Å²) in [5.41, 5.74) is 1.05. The average Bonchev–Trinajstić information content (AvgIpc) is 2.48. The van der Waals surface area contributed by atoms with Gasteiger partial charge in [0.1, 0.15) is 11.5 Å². The number of likely N-dealkylation sites (tertiary alicyclic amines) is 1. The number of nitrogens with one attached hydrogen (secondary N) is 1. The molecule has 106 valence electrons. The molecule has 0 radical (unpaired) electrons. The van der Waals surface area contributed by atoms with Crippen LogP contribution in [0.15, 0.2) is 18.2 Å². The van der Waals surface area contributed by atoms with Gasteiger partial charge in [0.25, 0.3) is 0 Å². The van der Waals surface area contributed by atoms with Gasteiger partial charge in [0.15, 0.2) is 0 Å². The van der Waals surface area contributed by atoms with Gasteiger partial charge in [-0.2, -0.15) is 0 Å². The molecule has 0 amide bonds. The zero-order valence-corrected chi connectivity index (χ0v) is 12.1. The molecule has 0 aliphatic carbocycles. The average molecular weight is 264 g/mol. The monoisotopic (exact) mass is 264 g/mol. The lowest BCUT2D eigenvalue weighted by Gasteiger charge is -2.32. The summed E-state index contributed by atoms with van der Waals surface area (Å²) in [4.78, 5) is 2.49. The van der Waals surface area contributed by atoms with Gasteiger partial charge >= 0.3 is 0 Å². The Balaban J connectivity index is 1.99. The molecule has 1 aliphatic rings. The molecule has 0 saturated carbocycles. The molecule has 0 aromatic heterocycles. The second-order valence-electron chi connectivity index (χ2n) is 4.92. The van der Waals surface area contributed by atoms with E-state index in [9.17, 15) is 0 Å². The standard InChI is InChI=1S/C15H24N2O2/c1-4-17-9-7-12(8-10-17)16-14-6-5-13(18-2)11-15(14)19-3/h5-6,11-12,16H,4,7-10H2,1-3H3. The molecule has 2 rings (SSSR count). The molecule has 1 aliphatic heterocycles. The summed E-state index contributed by atoms with van der Waals surface area (Å²) >= 11 is 0. The SMILES string of the molecule is CCN1CCC(Nc2ccc(OC)cc2OC)CC1. The number of hydrogen-bond donors (Lipinski definition) is 1. The quantitative estimate of drug-likeness (QED) is 0.886. The topological polar surface area (TPSA) is 33.7 Å². The molecule has 1 aromatic rings. The van der Waals surface area contributed by atoms with Crippen molar-refractivity contribution in [1.82, 2.24) is 4.90 Å². The second-order valence-corrected chi connectivity index (χ2v) is 4.92. The highest BCUT2D eigenvalue weighted by atomic mass is 16.5. The first-order valence-corrected chi connectivity index (χ1v) is 6.97. The lowest BCUT2D eigenvalue weighted by molar-refractivity contribution is 0.229. The molecular formula is C15H24N2O2. The number of methoxy groups -OCH3 is 2. The van der Waals surface area contributed by atoms with Gasteiger partial charge in [0.2, 0.25) is 0 Å². The highest BCUT2D eigenvalue weighted by Crippen LogP contribution is 2.30. The van der Waals surface area contributed by atoms with Crippen LogP contribution in [0.4, 0.5) is 5.69 Å². The van der Waals surface area contributed by atoms with Crippen LogP contribution in [0.25, 0.3) is 0 Å². The Hall–Kier alpha value is -1.42. The number of anilines is 1. The van der Waals surface area contributed by atoms with E-state index in [2.05, 4.69) is 17.1 Å². The third-order valence-electron chi connectivity index (χ3n) is 3.80. The lowest BCUT2D eigenvalue weighted by Crippen LogP contribution is -2.38. The first-order chi connectivity index (χ1) is 9.26. The zero-order chi connectivity index (χ0) is 13.7. The van der Waals surface area contributed by atoms with Gasteiger partial charge in [-0.25, -0.2) is 0 Å². The van der Waals surface area contributed by atoms with E-state index in [1.54, 1.807) is 14.2 Å². The first kappa shape index (κ1) is 14.0. The van der Waals surface area contributed by atoms with Crippen molar-refractivity contribution in [1.29, 1.82) is 0 Å². The van der Waals surface area contributed by atoms with Crippen LogP contribution in [0.2, 0.25) is 0 Å². The van der Waals surface area contributed by atoms with Crippen LogP contribution in [-0.2, 0) is 0 Å². The fourth-order valence-electron chi connectivity index (χ4n) is 2.53. The van der Waals surface area contributed by atoms with E-state index in [4.69, 9.17) is 9.47 Å². The number of nitrogens with zero attached hydrogens (tertiary/aromatic N) is 1. The summed E-state index contributed by atoms with van der Waals surface area (Å²) in [5, 5.41) is 3.59. The molecule has 1 heterocycles. The second kappa shape index (κ2) is 6.66. The van der Waals surface area contributed by atoms with Crippen LogP contribution in [-0.4, -0.2) is 44.8 Å². The van der Waals surface area contributed by atoms with E-state index in [1.807, 2.05) is 18.2 Å². The van der Waals surface area contributed by atoms with E-state index in [0.29, 0.717) is 6.04 Å². The summed E-state index contributed by atoms with van der Waals surface area (Å²) in [6.07, 6.45) is 2.37. The maximum absolute atomic E-state index is 5.42. The predicted octanol–water partition coefficient (Wildman–Crippen LogP) is 2.60. The summed E-state index contributed by atoms with van der Waals surface area (Å²) in [7, 11) is 3.36. The van der Waals surface area contributed by atoms with Crippen molar-refractivity contribution < 1.29 is 9.47 Å². The van der Waals surface area contributed by atoms with Gasteiger partial charge in [-0.3, -0.25) is 0 Å². The Bertz CT molecular complexity index is 401. The summed E-state index contributed by atoms with van der Waals surface area (Å²) < 4.78 is 10.6.